The number of alkyl carbamates (subject to hydrolysis) is 1. The number of aromatic nitrogens is 1. The molecule has 1 aliphatic rings. The smallest absolute Gasteiger partial charge is 0.407 e. The number of amides is 1. The fourth-order valence-electron chi connectivity index (χ4n) is 2.40. The third kappa shape index (κ3) is 4.92. The van der Waals surface area contributed by atoms with Crippen LogP contribution in [-0.4, -0.2) is 36.3 Å². The van der Waals surface area contributed by atoms with Crippen molar-refractivity contribution in [1.29, 1.82) is 0 Å². The standard InChI is InChI=1S/C16H25N3O2/c1-12-5-6-14(17-9-12)19-8-7-13(11-19)10-18-15(20)21-16(2,3)4/h5-6,9,13H,7-8,10-11H2,1-4H3,(H,18,20). The number of carbonyl (C=O) groups excluding carboxylic acids is 1. The normalized spacial score (nSPS) is 18.7. The van der Waals surface area contributed by atoms with Crippen LogP contribution in [0.2, 0.25) is 0 Å². The molecule has 21 heavy (non-hydrogen) atoms. The fraction of sp³-hybridized carbons (Fsp3) is 0.625. The van der Waals surface area contributed by atoms with Crippen molar-refractivity contribution >= 4 is 11.9 Å². The molecule has 0 bridgehead atoms. The van der Waals surface area contributed by atoms with Crippen molar-refractivity contribution in [2.75, 3.05) is 24.5 Å². The number of nitrogens with zero attached hydrogens (tertiary/aromatic N) is 2. The van der Waals surface area contributed by atoms with Gasteiger partial charge in [-0.25, -0.2) is 9.78 Å². The minimum Gasteiger partial charge on any atom is -0.444 e. The molecule has 0 radical (unpaired) electrons. The lowest BCUT2D eigenvalue weighted by Gasteiger charge is -2.21. The van der Waals surface area contributed by atoms with Crippen molar-refractivity contribution in [1.82, 2.24) is 10.3 Å². The highest BCUT2D eigenvalue weighted by atomic mass is 16.6. The fourth-order valence-corrected chi connectivity index (χ4v) is 2.40. The van der Waals surface area contributed by atoms with E-state index in [2.05, 4.69) is 27.3 Å². The first-order valence-corrected chi connectivity index (χ1v) is 7.48. The lowest BCUT2D eigenvalue weighted by molar-refractivity contribution is 0.0520. The Morgan fingerprint density at radius 2 is 2.24 bits per heavy atom. The second-order valence-electron chi connectivity index (χ2n) is 6.68. The number of nitrogens with one attached hydrogen (secondary N) is 1. The largest absolute Gasteiger partial charge is 0.444 e. The Labute approximate surface area is 126 Å². The zero-order chi connectivity index (χ0) is 15.5. The molecule has 5 heteroatoms. The number of rotatable bonds is 3. The van der Waals surface area contributed by atoms with Crippen molar-refractivity contribution < 1.29 is 9.53 Å². The van der Waals surface area contributed by atoms with Gasteiger partial charge in [0, 0.05) is 25.8 Å². The summed E-state index contributed by atoms with van der Waals surface area (Å²) in [6, 6.07) is 4.13. The second kappa shape index (κ2) is 6.33. The van der Waals surface area contributed by atoms with E-state index in [-0.39, 0.29) is 6.09 Å². The molecule has 0 spiro atoms. The molecule has 1 aliphatic heterocycles. The van der Waals surface area contributed by atoms with E-state index >= 15 is 0 Å². The summed E-state index contributed by atoms with van der Waals surface area (Å²) in [4.78, 5) is 18.4. The van der Waals surface area contributed by atoms with Gasteiger partial charge in [-0.15, -0.1) is 0 Å². The summed E-state index contributed by atoms with van der Waals surface area (Å²) in [6.45, 7) is 10.2. The zero-order valence-corrected chi connectivity index (χ0v) is 13.3. The highest BCUT2D eigenvalue weighted by molar-refractivity contribution is 5.67. The molecule has 0 aromatic carbocycles. The predicted molar refractivity (Wildman–Crippen MR) is 83.5 cm³/mol. The minimum atomic E-state index is -0.447. The first kappa shape index (κ1) is 15.6. The average Bonchev–Trinajstić information content (AvgIpc) is 2.84. The van der Waals surface area contributed by atoms with Crippen LogP contribution >= 0.6 is 0 Å². The molecule has 0 saturated carbocycles. The van der Waals surface area contributed by atoms with Crippen LogP contribution in [0.15, 0.2) is 18.3 Å². The van der Waals surface area contributed by atoms with E-state index in [1.807, 2.05) is 33.9 Å². The van der Waals surface area contributed by atoms with Crippen molar-refractivity contribution in [2.24, 2.45) is 5.92 Å². The monoisotopic (exact) mass is 291 g/mol. The van der Waals surface area contributed by atoms with E-state index in [4.69, 9.17) is 4.74 Å². The number of hydrogen-bond acceptors (Lipinski definition) is 4. The topological polar surface area (TPSA) is 54.5 Å². The van der Waals surface area contributed by atoms with Gasteiger partial charge in [0.1, 0.15) is 11.4 Å². The molecular weight excluding hydrogens is 266 g/mol. The van der Waals surface area contributed by atoms with Crippen LogP contribution in [0.1, 0.15) is 32.8 Å². The second-order valence-corrected chi connectivity index (χ2v) is 6.68. The molecule has 1 unspecified atom stereocenters. The van der Waals surface area contributed by atoms with E-state index < -0.39 is 5.60 Å². The van der Waals surface area contributed by atoms with Crippen molar-refractivity contribution in [3.63, 3.8) is 0 Å². The molecule has 1 aromatic heterocycles. The van der Waals surface area contributed by atoms with Crippen LogP contribution in [-0.2, 0) is 4.74 Å². The predicted octanol–water partition coefficient (Wildman–Crippen LogP) is 2.74. The van der Waals surface area contributed by atoms with Gasteiger partial charge in [-0.3, -0.25) is 0 Å². The Morgan fingerprint density at radius 1 is 1.48 bits per heavy atom. The van der Waals surface area contributed by atoms with Gasteiger partial charge in [0.05, 0.1) is 0 Å². The molecule has 2 heterocycles. The number of carbonyl (C=O) groups is 1. The molecule has 1 N–H and O–H groups in total. The van der Waals surface area contributed by atoms with Crippen LogP contribution in [0.5, 0.6) is 0 Å². The lowest BCUT2D eigenvalue weighted by atomic mass is 10.1. The van der Waals surface area contributed by atoms with E-state index in [1.54, 1.807) is 0 Å². The summed E-state index contributed by atoms with van der Waals surface area (Å²) >= 11 is 0. The summed E-state index contributed by atoms with van der Waals surface area (Å²) in [5.74, 6) is 1.46. The van der Waals surface area contributed by atoms with Crippen molar-refractivity contribution in [2.45, 2.75) is 39.7 Å². The van der Waals surface area contributed by atoms with E-state index in [9.17, 15) is 4.79 Å². The van der Waals surface area contributed by atoms with Crippen molar-refractivity contribution in [3.8, 4) is 0 Å². The molecule has 1 saturated heterocycles. The summed E-state index contributed by atoms with van der Waals surface area (Å²) in [6.07, 6.45) is 2.61. The Morgan fingerprint density at radius 3 is 2.86 bits per heavy atom. The van der Waals surface area contributed by atoms with Gasteiger partial charge in [0.15, 0.2) is 0 Å². The molecule has 1 aromatic rings. The lowest BCUT2D eigenvalue weighted by Crippen LogP contribution is -2.36. The third-order valence-electron chi connectivity index (χ3n) is 3.44. The van der Waals surface area contributed by atoms with Crippen LogP contribution in [0, 0.1) is 12.8 Å². The Hall–Kier alpha value is -1.78. The molecule has 116 valence electrons. The van der Waals surface area contributed by atoms with E-state index in [1.165, 1.54) is 5.56 Å². The number of anilines is 1. The van der Waals surface area contributed by atoms with Crippen LogP contribution in [0.3, 0.4) is 0 Å². The summed E-state index contributed by atoms with van der Waals surface area (Å²) in [5.41, 5.74) is 0.721. The first-order chi connectivity index (χ1) is 9.83. The number of aryl methyl sites for hydroxylation is 1. The highest BCUT2D eigenvalue weighted by Crippen LogP contribution is 2.21. The summed E-state index contributed by atoms with van der Waals surface area (Å²) < 4.78 is 5.25. The van der Waals surface area contributed by atoms with Gasteiger partial charge in [-0.2, -0.15) is 0 Å². The Kier molecular flexibility index (Phi) is 4.70. The van der Waals surface area contributed by atoms with Crippen molar-refractivity contribution in [3.05, 3.63) is 23.9 Å². The molecule has 5 nitrogen and oxygen atoms in total. The number of pyridine rings is 1. The average molecular weight is 291 g/mol. The maximum absolute atomic E-state index is 11.6. The maximum Gasteiger partial charge on any atom is 0.407 e. The molecule has 1 amide bonds. The van der Waals surface area contributed by atoms with E-state index in [0.29, 0.717) is 12.5 Å². The van der Waals surface area contributed by atoms with Gasteiger partial charge >= 0.3 is 6.09 Å². The molecule has 1 atom stereocenters. The van der Waals surface area contributed by atoms with Crippen LogP contribution in [0.25, 0.3) is 0 Å². The van der Waals surface area contributed by atoms with Gasteiger partial charge in [-0.05, 0) is 51.7 Å². The molecular formula is C16H25N3O2. The molecule has 0 aliphatic carbocycles. The summed E-state index contributed by atoms with van der Waals surface area (Å²) in [7, 11) is 0. The first-order valence-electron chi connectivity index (χ1n) is 7.48. The maximum atomic E-state index is 11.6. The van der Waals surface area contributed by atoms with Gasteiger partial charge < -0.3 is 15.0 Å². The van der Waals surface area contributed by atoms with Gasteiger partial charge in [0.25, 0.3) is 0 Å². The quantitative estimate of drug-likeness (QED) is 0.930. The Balaban J connectivity index is 1.78. The minimum absolute atomic E-state index is 0.339. The summed E-state index contributed by atoms with van der Waals surface area (Å²) in [5, 5.41) is 2.85. The van der Waals surface area contributed by atoms with Crippen LogP contribution < -0.4 is 10.2 Å². The molecule has 2 rings (SSSR count). The number of hydrogen-bond donors (Lipinski definition) is 1. The van der Waals surface area contributed by atoms with E-state index in [0.717, 1.165) is 25.3 Å². The van der Waals surface area contributed by atoms with Gasteiger partial charge in [0.2, 0.25) is 0 Å². The zero-order valence-electron chi connectivity index (χ0n) is 13.3. The molecule has 1 fully saturated rings. The van der Waals surface area contributed by atoms with Crippen LogP contribution in [0.4, 0.5) is 10.6 Å². The third-order valence-corrected chi connectivity index (χ3v) is 3.44. The Bertz CT molecular complexity index is 479. The van der Waals surface area contributed by atoms with Gasteiger partial charge in [-0.1, -0.05) is 6.07 Å². The number of ether oxygens (including phenoxy) is 1. The highest BCUT2D eigenvalue weighted by Gasteiger charge is 2.24. The SMILES string of the molecule is Cc1ccc(N2CCC(CNC(=O)OC(C)(C)C)C2)nc1.